The largest absolute Gasteiger partial charge is 0.367 e. The molecule has 1 fully saturated rings. The number of carbonyl (C=O) groups is 1. The maximum atomic E-state index is 13.1. The zero-order valence-corrected chi connectivity index (χ0v) is 19.2. The molecule has 9 heteroatoms. The van der Waals surface area contributed by atoms with Crippen molar-refractivity contribution in [3.8, 4) is 0 Å². The van der Waals surface area contributed by atoms with Gasteiger partial charge in [-0.25, -0.2) is 0 Å². The van der Waals surface area contributed by atoms with E-state index in [1.54, 1.807) is 12.3 Å². The molecule has 178 valence electrons. The van der Waals surface area contributed by atoms with E-state index in [1.165, 1.54) is 17.7 Å². The Bertz CT molecular complexity index is 1350. The standard InChI is InChI=1S/C26H26N6O3/c33-26(22-18-28-23-6-5-20(32(34)35)17-21(22)23)29-24-3-1-2-4-25(24)31-15-13-30(14-16-31)12-9-19-7-10-27-11-8-19/h1-8,10-11,17-18,28H,9,12-16H2,(H,29,33). The van der Waals surface area contributed by atoms with Crippen LogP contribution in [0.1, 0.15) is 15.9 Å². The lowest BCUT2D eigenvalue weighted by molar-refractivity contribution is -0.384. The molecule has 1 aliphatic rings. The van der Waals surface area contributed by atoms with Crippen molar-refractivity contribution >= 4 is 33.9 Å². The number of anilines is 2. The topological polar surface area (TPSA) is 107 Å². The lowest BCUT2D eigenvalue weighted by Crippen LogP contribution is -2.47. The minimum Gasteiger partial charge on any atom is -0.367 e. The molecule has 1 aliphatic heterocycles. The second kappa shape index (κ2) is 9.94. The van der Waals surface area contributed by atoms with Crippen LogP contribution in [0, 0.1) is 10.1 Å². The van der Waals surface area contributed by atoms with Crippen molar-refractivity contribution < 1.29 is 9.72 Å². The molecule has 0 atom stereocenters. The van der Waals surface area contributed by atoms with Crippen molar-refractivity contribution in [2.24, 2.45) is 0 Å². The third-order valence-corrected chi connectivity index (χ3v) is 6.45. The van der Waals surface area contributed by atoms with Gasteiger partial charge in [-0.3, -0.25) is 24.8 Å². The smallest absolute Gasteiger partial charge is 0.270 e. The first kappa shape index (κ1) is 22.5. The number of benzene rings is 2. The number of piperazine rings is 1. The van der Waals surface area contributed by atoms with E-state index in [1.807, 2.05) is 36.7 Å². The number of amides is 1. The molecule has 1 amide bonds. The highest BCUT2D eigenvalue weighted by Gasteiger charge is 2.21. The number of rotatable bonds is 7. The van der Waals surface area contributed by atoms with Gasteiger partial charge < -0.3 is 15.2 Å². The van der Waals surface area contributed by atoms with E-state index in [4.69, 9.17) is 0 Å². The second-order valence-electron chi connectivity index (χ2n) is 8.59. The fourth-order valence-electron chi connectivity index (χ4n) is 4.50. The van der Waals surface area contributed by atoms with E-state index in [9.17, 15) is 14.9 Å². The molecule has 0 aliphatic carbocycles. The minimum atomic E-state index is -0.458. The van der Waals surface area contributed by atoms with Gasteiger partial charge in [0.25, 0.3) is 11.6 Å². The maximum Gasteiger partial charge on any atom is 0.270 e. The molecule has 0 spiro atoms. The van der Waals surface area contributed by atoms with Gasteiger partial charge in [-0.1, -0.05) is 12.1 Å². The summed E-state index contributed by atoms with van der Waals surface area (Å²) in [6.07, 6.45) is 6.25. The van der Waals surface area contributed by atoms with Gasteiger partial charge in [-0.2, -0.15) is 0 Å². The highest BCUT2D eigenvalue weighted by molar-refractivity contribution is 6.14. The fourth-order valence-corrected chi connectivity index (χ4v) is 4.50. The monoisotopic (exact) mass is 470 g/mol. The van der Waals surface area contributed by atoms with Gasteiger partial charge in [0.15, 0.2) is 0 Å². The third-order valence-electron chi connectivity index (χ3n) is 6.45. The zero-order valence-electron chi connectivity index (χ0n) is 19.2. The number of H-pyrrole nitrogens is 1. The van der Waals surface area contributed by atoms with Crippen molar-refractivity contribution in [1.29, 1.82) is 0 Å². The molecule has 0 bridgehead atoms. The van der Waals surface area contributed by atoms with Crippen LogP contribution in [0.4, 0.5) is 17.1 Å². The van der Waals surface area contributed by atoms with Gasteiger partial charge in [0, 0.05) is 74.3 Å². The quantitative estimate of drug-likeness (QED) is 0.311. The Morgan fingerprint density at radius 2 is 1.83 bits per heavy atom. The van der Waals surface area contributed by atoms with Crippen LogP contribution >= 0.6 is 0 Å². The molecule has 35 heavy (non-hydrogen) atoms. The van der Waals surface area contributed by atoms with Crippen LogP contribution < -0.4 is 10.2 Å². The predicted octanol–water partition coefficient (Wildman–Crippen LogP) is 4.09. The van der Waals surface area contributed by atoms with Crippen LogP contribution in [0.5, 0.6) is 0 Å². The fraction of sp³-hybridized carbons (Fsp3) is 0.231. The van der Waals surface area contributed by atoms with Crippen molar-refractivity contribution in [1.82, 2.24) is 14.9 Å². The summed E-state index contributed by atoms with van der Waals surface area (Å²) in [5.74, 6) is -0.305. The Hall–Kier alpha value is -4.24. The van der Waals surface area contributed by atoms with Crippen LogP contribution in [0.2, 0.25) is 0 Å². The van der Waals surface area contributed by atoms with E-state index >= 15 is 0 Å². The van der Waals surface area contributed by atoms with Crippen molar-refractivity contribution in [2.45, 2.75) is 6.42 Å². The molecule has 4 aromatic rings. The van der Waals surface area contributed by atoms with Gasteiger partial charge in [0.2, 0.25) is 0 Å². The van der Waals surface area contributed by atoms with Gasteiger partial charge in [0.1, 0.15) is 0 Å². The molecule has 0 unspecified atom stereocenters. The lowest BCUT2D eigenvalue weighted by Gasteiger charge is -2.37. The summed E-state index contributed by atoms with van der Waals surface area (Å²) < 4.78 is 0. The van der Waals surface area contributed by atoms with E-state index in [2.05, 4.69) is 37.2 Å². The van der Waals surface area contributed by atoms with Gasteiger partial charge in [0.05, 0.1) is 21.9 Å². The Morgan fingerprint density at radius 3 is 2.60 bits per heavy atom. The minimum absolute atomic E-state index is 0.0478. The van der Waals surface area contributed by atoms with Crippen molar-refractivity contribution in [3.05, 3.63) is 94.4 Å². The first-order valence-electron chi connectivity index (χ1n) is 11.6. The van der Waals surface area contributed by atoms with Crippen LogP contribution in [-0.2, 0) is 6.42 Å². The number of aromatic nitrogens is 2. The molecule has 3 heterocycles. The summed E-state index contributed by atoms with van der Waals surface area (Å²) in [4.78, 5) is 35.7. The SMILES string of the molecule is O=C(Nc1ccccc1N1CCN(CCc2ccncc2)CC1)c1c[nH]c2ccc([N+](=O)[O-])cc12. The average Bonchev–Trinajstić information content (AvgIpc) is 3.32. The first-order valence-corrected chi connectivity index (χ1v) is 11.6. The summed E-state index contributed by atoms with van der Waals surface area (Å²) in [5, 5.41) is 14.7. The number of carbonyl (C=O) groups excluding carboxylic acids is 1. The Balaban J connectivity index is 1.26. The average molecular weight is 471 g/mol. The number of pyridine rings is 1. The van der Waals surface area contributed by atoms with Crippen LogP contribution in [-0.4, -0.2) is 58.4 Å². The molecule has 1 saturated heterocycles. The first-order chi connectivity index (χ1) is 17.1. The van der Waals surface area contributed by atoms with Gasteiger partial charge in [-0.15, -0.1) is 0 Å². The molecule has 9 nitrogen and oxygen atoms in total. The summed E-state index contributed by atoms with van der Waals surface area (Å²) in [6, 6.07) is 16.3. The number of para-hydroxylation sites is 2. The Labute approximate surface area is 202 Å². The number of fused-ring (bicyclic) bond motifs is 1. The van der Waals surface area contributed by atoms with Gasteiger partial charge >= 0.3 is 0 Å². The molecule has 2 aromatic heterocycles. The highest BCUT2D eigenvalue weighted by Crippen LogP contribution is 2.29. The number of hydrogen-bond acceptors (Lipinski definition) is 6. The Kier molecular flexibility index (Phi) is 6.40. The molecule has 2 aromatic carbocycles. The van der Waals surface area contributed by atoms with Crippen molar-refractivity contribution in [3.63, 3.8) is 0 Å². The molecule has 0 radical (unpaired) electrons. The number of nitro benzene ring substituents is 1. The molecular weight excluding hydrogens is 444 g/mol. The Morgan fingerprint density at radius 1 is 1.06 bits per heavy atom. The second-order valence-corrected chi connectivity index (χ2v) is 8.59. The highest BCUT2D eigenvalue weighted by atomic mass is 16.6. The maximum absolute atomic E-state index is 13.1. The number of nitrogens with one attached hydrogen (secondary N) is 2. The molecule has 5 rings (SSSR count). The van der Waals surface area contributed by atoms with Crippen LogP contribution in [0.15, 0.2) is 73.2 Å². The molecule has 2 N–H and O–H groups in total. The third kappa shape index (κ3) is 4.99. The van der Waals surface area contributed by atoms with E-state index in [-0.39, 0.29) is 11.6 Å². The van der Waals surface area contributed by atoms with E-state index in [0.717, 1.165) is 50.5 Å². The molecule has 0 saturated carbocycles. The van der Waals surface area contributed by atoms with Crippen molar-refractivity contribution in [2.75, 3.05) is 42.9 Å². The van der Waals surface area contributed by atoms with E-state index < -0.39 is 4.92 Å². The summed E-state index contributed by atoms with van der Waals surface area (Å²) in [5.41, 5.74) is 3.99. The number of non-ortho nitro benzene ring substituents is 1. The summed E-state index contributed by atoms with van der Waals surface area (Å²) >= 11 is 0. The van der Waals surface area contributed by atoms with Crippen LogP contribution in [0.25, 0.3) is 10.9 Å². The van der Waals surface area contributed by atoms with E-state index in [0.29, 0.717) is 16.5 Å². The molecular formula is C26H26N6O3. The number of nitro groups is 1. The normalized spacial score (nSPS) is 14.2. The van der Waals surface area contributed by atoms with Crippen LogP contribution in [0.3, 0.4) is 0 Å². The number of hydrogen-bond donors (Lipinski definition) is 2. The lowest BCUT2D eigenvalue weighted by atomic mass is 10.1. The number of aromatic amines is 1. The zero-order chi connectivity index (χ0) is 24.2. The summed E-state index contributed by atoms with van der Waals surface area (Å²) in [6.45, 7) is 4.62. The predicted molar refractivity (Wildman–Crippen MR) is 136 cm³/mol. The van der Waals surface area contributed by atoms with Gasteiger partial charge in [-0.05, 0) is 42.3 Å². The number of nitrogens with zero attached hydrogens (tertiary/aromatic N) is 4. The summed E-state index contributed by atoms with van der Waals surface area (Å²) in [7, 11) is 0.